The van der Waals surface area contributed by atoms with Crippen molar-refractivity contribution in [2.24, 2.45) is 5.92 Å². The van der Waals surface area contributed by atoms with Gasteiger partial charge in [-0.05, 0) is 37.0 Å². The molecule has 0 spiro atoms. The molecule has 0 aromatic heterocycles. The molecule has 0 amide bonds. The third-order valence-electron chi connectivity index (χ3n) is 4.17. The molecule has 20 heavy (non-hydrogen) atoms. The van der Waals surface area contributed by atoms with E-state index in [1.807, 2.05) is 6.92 Å². The van der Waals surface area contributed by atoms with Crippen molar-refractivity contribution in [1.82, 2.24) is 0 Å². The van der Waals surface area contributed by atoms with Crippen LogP contribution in [0, 0.1) is 5.92 Å². The van der Waals surface area contributed by atoms with Gasteiger partial charge in [0, 0.05) is 5.92 Å². The molecule has 5 heteroatoms. The van der Waals surface area contributed by atoms with Crippen LogP contribution >= 0.6 is 23.2 Å². The molecule has 0 bridgehead atoms. The molecular formula is C15H16Cl2O3. The van der Waals surface area contributed by atoms with E-state index in [-0.39, 0.29) is 16.7 Å². The van der Waals surface area contributed by atoms with Crippen molar-refractivity contribution in [3.8, 4) is 0 Å². The number of Topliss-reactive ketones (excluding diaryl/α,β-unsaturated/α-hetero) is 1. The fourth-order valence-corrected chi connectivity index (χ4v) is 3.29. The zero-order valence-electron chi connectivity index (χ0n) is 11.2. The van der Waals surface area contributed by atoms with Crippen LogP contribution in [0.1, 0.15) is 38.2 Å². The smallest absolute Gasteiger partial charge is 0.321 e. The van der Waals surface area contributed by atoms with Crippen LogP contribution in [0.25, 0.3) is 0 Å². The molecular weight excluding hydrogens is 299 g/mol. The molecule has 0 heterocycles. The summed E-state index contributed by atoms with van der Waals surface area (Å²) in [5.74, 6) is -1.51. The molecule has 1 aliphatic rings. The van der Waals surface area contributed by atoms with Gasteiger partial charge >= 0.3 is 5.97 Å². The third-order valence-corrected chi connectivity index (χ3v) is 4.91. The third kappa shape index (κ3) is 2.33. The van der Waals surface area contributed by atoms with Crippen LogP contribution in [0.2, 0.25) is 10.0 Å². The zero-order chi connectivity index (χ0) is 14.9. The number of hydrogen-bond donors (Lipinski definition) is 1. The molecule has 1 N–H and O–H groups in total. The molecule has 1 fully saturated rings. The largest absolute Gasteiger partial charge is 0.480 e. The molecule has 0 saturated heterocycles. The first kappa shape index (κ1) is 15.3. The summed E-state index contributed by atoms with van der Waals surface area (Å²) in [5.41, 5.74) is -1.05. The van der Waals surface area contributed by atoms with Gasteiger partial charge in [0.2, 0.25) is 0 Å². The summed E-state index contributed by atoms with van der Waals surface area (Å²) in [5, 5.41) is 10.3. The van der Waals surface area contributed by atoms with Crippen LogP contribution in [0.3, 0.4) is 0 Å². The van der Waals surface area contributed by atoms with E-state index in [4.69, 9.17) is 23.2 Å². The van der Waals surface area contributed by atoms with Crippen LogP contribution in [0.15, 0.2) is 18.2 Å². The summed E-state index contributed by atoms with van der Waals surface area (Å²) < 4.78 is 0. The van der Waals surface area contributed by atoms with Crippen molar-refractivity contribution >= 4 is 35.0 Å². The molecule has 1 aliphatic carbocycles. The highest BCUT2D eigenvalue weighted by atomic mass is 35.5. The number of halogens is 2. The summed E-state index contributed by atoms with van der Waals surface area (Å²) in [6.07, 6.45) is 2.45. The van der Waals surface area contributed by atoms with Gasteiger partial charge in [-0.3, -0.25) is 9.59 Å². The highest BCUT2D eigenvalue weighted by Gasteiger charge is 2.51. The van der Waals surface area contributed by atoms with Crippen LogP contribution in [0.5, 0.6) is 0 Å². The Kier molecular flexibility index (Phi) is 4.40. The Bertz CT molecular complexity index is 556. The predicted octanol–water partition coefficient (Wildman–Crippen LogP) is 4.10. The number of carbonyl (C=O) groups is 2. The maximum Gasteiger partial charge on any atom is 0.321 e. The number of aliphatic carboxylic acids is 1. The van der Waals surface area contributed by atoms with Crippen molar-refractivity contribution in [3.63, 3.8) is 0 Å². The number of carboxylic acid groups (broad SMARTS) is 1. The molecule has 2 atom stereocenters. The minimum Gasteiger partial charge on any atom is -0.480 e. The monoisotopic (exact) mass is 314 g/mol. The minimum atomic E-state index is -1.48. The number of carboxylic acids is 1. The van der Waals surface area contributed by atoms with Crippen LogP contribution in [-0.4, -0.2) is 16.9 Å². The molecule has 0 radical (unpaired) electrons. The first-order valence-electron chi connectivity index (χ1n) is 6.66. The normalized spacial score (nSPS) is 26.6. The zero-order valence-corrected chi connectivity index (χ0v) is 12.7. The van der Waals surface area contributed by atoms with Gasteiger partial charge in [-0.2, -0.15) is 0 Å². The topological polar surface area (TPSA) is 54.4 Å². The Hall–Kier alpha value is -1.06. The molecule has 2 unspecified atom stereocenters. The van der Waals surface area contributed by atoms with Crippen molar-refractivity contribution in [2.45, 2.75) is 38.0 Å². The van der Waals surface area contributed by atoms with Gasteiger partial charge in [-0.1, -0.05) is 42.6 Å². The molecule has 0 aliphatic heterocycles. The summed E-state index contributed by atoms with van der Waals surface area (Å²) in [4.78, 5) is 24.5. The molecule has 3 nitrogen and oxygen atoms in total. The highest BCUT2D eigenvalue weighted by molar-refractivity contribution is 6.42. The minimum absolute atomic E-state index is 0.200. The fraction of sp³-hybridized carbons (Fsp3) is 0.467. The maximum absolute atomic E-state index is 12.7. The highest BCUT2D eigenvalue weighted by Crippen LogP contribution is 2.42. The lowest BCUT2D eigenvalue weighted by molar-refractivity contribution is -0.152. The van der Waals surface area contributed by atoms with Crippen LogP contribution in [0.4, 0.5) is 0 Å². The first-order valence-corrected chi connectivity index (χ1v) is 7.42. The van der Waals surface area contributed by atoms with Crippen molar-refractivity contribution in [3.05, 3.63) is 33.8 Å². The predicted molar refractivity (Wildman–Crippen MR) is 78.4 cm³/mol. The second-order valence-electron chi connectivity index (χ2n) is 5.20. The van der Waals surface area contributed by atoms with E-state index in [9.17, 15) is 14.7 Å². The Morgan fingerprint density at radius 2 is 2.10 bits per heavy atom. The number of carbonyl (C=O) groups excluding carboxylic acids is 1. The van der Waals surface area contributed by atoms with E-state index in [1.54, 1.807) is 12.1 Å². The number of benzene rings is 1. The van der Waals surface area contributed by atoms with E-state index < -0.39 is 11.4 Å². The SMILES string of the molecule is CCC1CCCC(C(=O)O)(c2ccc(Cl)c(Cl)c2)C1=O. The van der Waals surface area contributed by atoms with Crippen LogP contribution in [-0.2, 0) is 15.0 Å². The van der Waals surface area contributed by atoms with E-state index in [2.05, 4.69) is 0 Å². The Balaban J connectivity index is 2.57. The summed E-state index contributed by atoms with van der Waals surface area (Å²) in [6.45, 7) is 1.91. The van der Waals surface area contributed by atoms with Gasteiger partial charge in [0.15, 0.2) is 11.2 Å². The molecule has 1 aromatic carbocycles. The summed E-state index contributed by atoms with van der Waals surface area (Å²) in [6, 6.07) is 4.65. The Labute approximate surface area is 127 Å². The molecule has 2 rings (SSSR count). The van der Waals surface area contributed by atoms with Gasteiger partial charge < -0.3 is 5.11 Å². The number of rotatable bonds is 3. The van der Waals surface area contributed by atoms with E-state index in [0.29, 0.717) is 23.4 Å². The fourth-order valence-electron chi connectivity index (χ4n) is 2.99. The average Bonchev–Trinajstić information content (AvgIpc) is 2.42. The van der Waals surface area contributed by atoms with Gasteiger partial charge in [-0.15, -0.1) is 0 Å². The van der Waals surface area contributed by atoms with Crippen LogP contribution < -0.4 is 0 Å². The molecule has 1 saturated carbocycles. The van der Waals surface area contributed by atoms with E-state index in [1.165, 1.54) is 6.07 Å². The van der Waals surface area contributed by atoms with Gasteiger partial charge in [0.25, 0.3) is 0 Å². The van der Waals surface area contributed by atoms with Crippen molar-refractivity contribution in [2.75, 3.05) is 0 Å². The maximum atomic E-state index is 12.7. The first-order chi connectivity index (χ1) is 9.43. The lowest BCUT2D eigenvalue weighted by atomic mass is 9.64. The quantitative estimate of drug-likeness (QED) is 0.855. The van der Waals surface area contributed by atoms with Gasteiger partial charge in [0.1, 0.15) is 0 Å². The van der Waals surface area contributed by atoms with E-state index >= 15 is 0 Å². The van der Waals surface area contributed by atoms with Gasteiger partial charge in [-0.25, -0.2) is 0 Å². The molecule has 1 aromatic rings. The number of ketones is 1. The second kappa shape index (κ2) is 5.74. The summed E-state index contributed by atoms with van der Waals surface area (Å²) >= 11 is 11.9. The van der Waals surface area contributed by atoms with Crippen molar-refractivity contribution < 1.29 is 14.7 Å². The lowest BCUT2D eigenvalue weighted by Crippen LogP contribution is -2.49. The molecule has 108 valence electrons. The lowest BCUT2D eigenvalue weighted by Gasteiger charge is -2.36. The Morgan fingerprint density at radius 3 is 2.65 bits per heavy atom. The standard InChI is InChI=1S/C15H16Cl2O3/c1-2-9-4-3-7-15(13(9)18,14(19)20)10-5-6-11(16)12(17)8-10/h5-6,8-9H,2-4,7H2,1H3,(H,19,20). The van der Waals surface area contributed by atoms with E-state index in [0.717, 1.165) is 12.8 Å². The van der Waals surface area contributed by atoms with Gasteiger partial charge in [0.05, 0.1) is 10.0 Å². The van der Waals surface area contributed by atoms with Crippen molar-refractivity contribution in [1.29, 1.82) is 0 Å². The number of hydrogen-bond acceptors (Lipinski definition) is 2. The summed E-state index contributed by atoms with van der Waals surface area (Å²) in [7, 11) is 0. The second-order valence-corrected chi connectivity index (χ2v) is 6.02. The average molecular weight is 315 g/mol. The Morgan fingerprint density at radius 1 is 1.40 bits per heavy atom.